The number of carbonyl (C=O) groups excluding carboxylic acids is 1. The van der Waals surface area contributed by atoms with Gasteiger partial charge in [-0.05, 0) is 43.7 Å². The quantitative estimate of drug-likeness (QED) is 0.665. The van der Waals surface area contributed by atoms with Crippen molar-refractivity contribution in [3.8, 4) is 0 Å². The van der Waals surface area contributed by atoms with Crippen molar-refractivity contribution in [1.29, 1.82) is 0 Å². The Morgan fingerprint density at radius 1 is 1.20 bits per heavy atom. The van der Waals surface area contributed by atoms with Crippen LogP contribution in [0.2, 0.25) is 0 Å². The highest BCUT2D eigenvalue weighted by Gasteiger charge is 2.15. The lowest BCUT2D eigenvalue weighted by molar-refractivity contribution is -0.115. The van der Waals surface area contributed by atoms with Crippen LogP contribution in [0.4, 0.5) is 11.4 Å². The van der Waals surface area contributed by atoms with Crippen LogP contribution in [0.1, 0.15) is 12.5 Å². The third-order valence-electron chi connectivity index (χ3n) is 2.88. The van der Waals surface area contributed by atoms with E-state index in [0.717, 1.165) is 16.1 Å². The van der Waals surface area contributed by atoms with E-state index in [4.69, 9.17) is 5.73 Å². The zero-order valence-corrected chi connectivity index (χ0v) is 12.4. The number of benzene rings is 2. The van der Waals surface area contributed by atoms with E-state index in [2.05, 4.69) is 5.32 Å². The molecule has 0 heterocycles. The Morgan fingerprint density at radius 2 is 1.90 bits per heavy atom. The first kappa shape index (κ1) is 14.5. The van der Waals surface area contributed by atoms with Gasteiger partial charge in [0.1, 0.15) is 0 Å². The third-order valence-corrected chi connectivity index (χ3v) is 4.06. The van der Waals surface area contributed by atoms with E-state index in [0.29, 0.717) is 5.69 Å². The molecule has 0 bridgehead atoms. The normalized spacial score (nSPS) is 11.9. The Labute approximate surface area is 123 Å². The SMILES string of the molecule is Cc1ccc(N)c(SC(C)C(=O)Nc2ccccc2)c1. The fourth-order valence-electron chi connectivity index (χ4n) is 1.75. The number of thioether (sulfide) groups is 1. The second kappa shape index (κ2) is 6.48. The molecule has 3 N–H and O–H groups in total. The molecule has 4 heteroatoms. The number of anilines is 2. The molecule has 0 saturated heterocycles. The van der Waals surface area contributed by atoms with E-state index >= 15 is 0 Å². The molecule has 0 aliphatic carbocycles. The lowest BCUT2D eigenvalue weighted by atomic mass is 10.2. The summed E-state index contributed by atoms with van der Waals surface area (Å²) in [7, 11) is 0. The van der Waals surface area contributed by atoms with Crippen molar-refractivity contribution in [2.24, 2.45) is 0 Å². The van der Waals surface area contributed by atoms with Crippen molar-refractivity contribution in [3.05, 3.63) is 54.1 Å². The van der Waals surface area contributed by atoms with Gasteiger partial charge in [0.2, 0.25) is 5.91 Å². The average Bonchev–Trinajstić information content (AvgIpc) is 2.44. The van der Waals surface area contributed by atoms with E-state index in [9.17, 15) is 4.79 Å². The monoisotopic (exact) mass is 286 g/mol. The van der Waals surface area contributed by atoms with Gasteiger partial charge in [0.05, 0.1) is 5.25 Å². The van der Waals surface area contributed by atoms with Gasteiger partial charge in [-0.3, -0.25) is 4.79 Å². The molecule has 104 valence electrons. The third kappa shape index (κ3) is 3.78. The molecule has 0 saturated carbocycles. The fourth-order valence-corrected chi connectivity index (χ4v) is 2.76. The largest absolute Gasteiger partial charge is 0.398 e. The molecule has 0 aliphatic heterocycles. The molecule has 2 aromatic rings. The molecule has 20 heavy (non-hydrogen) atoms. The Kier molecular flexibility index (Phi) is 4.69. The van der Waals surface area contributed by atoms with E-state index in [1.165, 1.54) is 11.8 Å². The summed E-state index contributed by atoms with van der Waals surface area (Å²) in [5.74, 6) is -0.0258. The van der Waals surface area contributed by atoms with Gasteiger partial charge in [-0.2, -0.15) is 0 Å². The Morgan fingerprint density at radius 3 is 2.60 bits per heavy atom. The second-order valence-electron chi connectivity index (χ2n) is 4.66. The number of rotatable bonds is 4. The first-order chi connectivity index (χ1) is 9.56. The Balaban J connectivity index is 2.02. The average molecular weight is 286 g/mol. The molecule has 0 aliphatic rings. The number of amides is 1. The maximum atomic E-state index is 12.1. The number of carbonyl (C=O) groups is 1. The summed E-state index contributed by atoms with van der Waals surface area (Å²) in [5, 5.41) is 2.69. The van der Waals surface area contributed by atoms with Crippen molar-refractivity contribution in [2.75, 3.05) is 11.1 Å². The number of nitrogens with two attached hydrogens (primary N) is 1. The smallest absolute Gasteiger partial charge is 0.237 e. The van der Waals surface area contributed by atoms with Gasteiger partial charge in [0.15, 0.2) is 0 Å². The highest BCUT2D eigenvalue weighted by atomic mass is 32.2. The van der Waals surface area contributed by atoms with Crippen molar-refractivity contribution < 1.29 is 4.79 Å². The van der Waals surface area contributed by atoms with Crippen molar-refractivity contribution >= 4 is 29.0 Å². The minimum atomic E-state index is -0.209. The van der Waals surface area contributed by atoms with E-state index in [1.54, 1.807) is 0 Å². The van der Waals surface area contributed by atoms with Gasteiger partial charge in [-0.25, -0.2) is 0 Å². The maximum Gasteiger partial charge on any atom is 0.237 e. The number of hydrogen-bond donors (Lipinski definition) is 2. The zero-order valence-electron chi connectivity index (χ0n) is 11.6. The Hall–Kier alpha value is -1.94. The van der Waals surface area contributed by atoms with Crippen LogP contribution in [0.15, 0.2) is 53.4 Å². The zero-order chi connectivity index (χ0) is 14.5. The summed E-state index contributed by atoms with van der Waals surface area (Å²) in [4.78, 5) is 13.1. The van der Waals surface area contributed by atoms with Crippen LogP contribution in [-0.2, 0) is 4.79 Å². The minimum absolute atomic E-state index is 0.0258. The molecular formula is C16H18N2OS. The van der Waals surface area contributed by atoms with Crippen LogP contribution >= 0.6 is 11.8 Å². The van der Waals surface area contributed by atoms with Crippen molar-refractivity contribution in [3.63, 3.8) is 0 Å². The predicted octanol–water partition coefficient (Wildman–Crippen LogP) is 3.70. The van der Waals surface area contributed by atoms with Crippen LogP contribution in [0.5, 0.6) is 0 Å². The molecule has 1 unspecified atom stereocenters. The van der Waals surface area contributed by atoms with Gasteiger partial charge in [0, 0.05) is 16.3 Å². The molecule has 2 aromatic carbocycles. The standard InChI is InChI=1S/C16H18N2OS/c1-11-8-9-14(17)15(10-11)20-12(2)16(19)18-13-6-4-3-5-7-13/h3-10,12H,17H2,1-2H3,(H,18,19). The fraction of sp³-hybridized carbons (Fsp3) is 0.188. The minimum Gasteiger partial charge on any atom is -0.398 e. The Bertz CT molecular complexity index is 599. The van der Waals surface area contributed by atoms with E-state index < -0.39 is 0 Å². The lowest BCUT2D eigenvalue weighted by Gasteiger charge is -2.13. The van der Waals surface area contributed by atoms with Gasteiger partial charge >= 0.3 is 0 Å². The number of nitrogen functional groups attached to an aromatic ring is 1. The molecule has 0 radical (unpaired) electrons. The number of aryl methyl sites for hydroxylation is 1. The van der Waals surface area contributed by atoms with E-state index in [-0.39, 0.29) is 11.2 Å². The summed E-state index contributed by atoms with van der Waals surface area (Å²) in [6.45, 7) is 3.89. The molecule has 2 rings (SSSR count). The molecular weight excluding hydrogens is 268 g/mol. The van der Waals surface area contributed by atoms with Gasteiger partial charge in [0.25, 0.3) is 0 Å². The molecule has 0 aromatic heterocycles. The molecule has 0 spiro atoms. The van der Waals surface area contributed by atoms with Gasteiger partial charge in [-0.1, -0.05) is 24.3 Å². The number of hydrogen-bond acceptors (Lipinski definition) is 3. The molecule has 3 nitrogen and oxygen atoms in total. The number of nitrogens with one attached hydrogen (secondary N) is 1. The first-order valence-electron chi connectivity index (χ1n) is 6.45. The van der Waals surface area contributed by atoms with Crippen molar-refractivity contribution in [1.82, 2.24) is 0 Å². The summed E-state index contributed by atoms with van der Waals surface area (Å²) in [6.07, 6.45) is 0. The van der Waals surface area contributed by atoms with Crippen LogP contribution < -0.4 is 11.1 Å². The summed E-state index contributed by atoms with van der Waals surface area (Å²) < 4.78 is 0. The topological polar surface area (TPSA) is 55.1 Å². The van der Waals surface area contributed by atoms with Gasteiger partial charge in [-0.15, -0.1) is 11.8 Å². The summed E-state index contributed by atoms with van der Waals surface area (Å²) in [5.41, 5.74) is 8.59. The van der Waals surface area contributed by atoms with Crippen molar-refractivity contribution in [2.45, 2.75) is 24.0 Å². The van der Waals surface area contributed by atoms with Crippen LogP contribution in [-0.4, -0.2) is 11.2 Å². The molecule has 1 amide bonds. The van der Waals surface area contributed by atoms with Crippen LogP contribution in [0, 0.1) is 6.92 Å². The first-order valence-corrected chi connectivity index (χ1v) is 7.33. The maximum absolute atomic E-state index is 12.1. The number of para-hydroxylation sites is 1. The summed E-state index contributed by atoms with van der Waals surface area (Å²) >= 11 is 1.47. The highest BCUT2D eigenvalue weighted by molar-refractivity contribution is 8.00. The molecule has 0 fully saturated rings. The second-order valence-corrected chi connectivity index (χ2v) is 6.04. The highest BCUT2D eigenvalue weighted by Crippen LogP contribution is 2.30. The lowest BCUT2D eigenvalue weighted by Crippen LogP contribution is -2.22. The van der Waals surface area contributed by atoms with Gasteiger partial charge < -0.3 is 11.1 Å². The van der Waals surface area contributed by atoms with Crippen LogP contribution in [0.3, 0.4) is 0 Å². The van der Waals surface area contributed by atoms with Crippen LogP contribution in [0.25, 0.3) is 0 Å². The predicted molar refractivity (Wildman–Crippen MR) is 86.0 cm³/mol. The van der Waals surface area contributed by atoms with E-state index in [1.807, 2.05) is 62.4 Å². The summed E-state index contributed by atoms with van der Waals surface area (Å²) in [6, 6.07) is 15.3. The molecule has 1 atom stereocenters.